The molecule has 152 valence electrons. The first kappa shape index (κ1) is 20.0. The van der Waals surface area contributed by atoms with E-state index in [-0.39, 0.29) is 5.56 Å². The van der Waals surface area contributed by atoms with Crippen LogP contribution >= 0.6 is 0 Å². The number of hydrogen-bond donors (Lipinski definition) is 1. The minimum atomic E-state index is -0.441. The summed E-state index contributed by atoms with van der Waals surface area (Å²) >= 11 is 0. The van der Waals surface area contributed by atoms with E-state index in [1.807, 2.05) is 84.9 Å². The standard InChI is InChI=1S/C26H20N2O3/c1-30-20-12-13-21(25(14-20)31-17-18-8-4-2-5-9-18)24-15-22(19-10-6-3-7-11-19)23(16-27)26(29)28-24/h2-15H,17H2,1H3,(H,28,29). The Kier molecular flexibility index (Phi) is 5.82. The van der Waals surface area contributed by atoms with Crippen molar-refractivity contribution < 1.29 is 9.47 Å². The number of nitrogens with one attached hydrogen (secondary N) is 1. The molecule has 1 N–H and O–H groups in total. The first-order valence-electron chi connectivity index (χ1n) is 9.77. The Morgan fingerprint density at radius 2 is 1.61 bits per heavy atom. The number of nitriles is 1. The zero-order chi connectivity index (χ0) is 21.6. The van der Waals surface area contributed by atoms with Crippen LogP contribution in [-0.4, -0.2) is 12.1 Å². The summed E-state index contributed by atoms with van der Waals surface area (Å²) < 4.78 is 11.5. The van der Waals surface area contributed by atoms with Gasteiger partial charge < -0.3 is 14.5 Å². The Morgan fingerprint density at radius 3 is 2.29 bits per heavy atom. The van der Waals surface area contributed by atoms with Gasteiger partial charge in [-0.2, -0.15) is 5.26 Å². The number of pyridine rings is 1. The fourth-order valence-electron chi connectivity index (χ4n) is 3.37. The first-order valence-corrected chi connectivity index (χ1v) is 9.77. The summed E-state index contributed by atoms with van der Waals surface area (Å²) in [7, 11) is 1.59. The average molecular weight is 408 g/mol. The Hall–Kier alpha value is -4.30. The second-order valence-corrected chi connectivity index (χ2v) is 6.92. The van der Waals surface area contributed by atoms with Gasteiger partial charge in [-0.05, 0) is 29.3 Å². The predicted octanol–water partition coefficient (Wildman–Crippen LogP) is 5.17. The molecule has 0 spiro atoms. The maximum atomic E-state index is 12.7. The molecule has 0 fully saturated rings. The summed E-state index contributed by atoms with van der Waals surface area (Å²) in [4.78, 5) is 15.5. The van der Waals surface area contributed by atoms with E-state index in [0.717, 1.165) is 11.1 Å². The van der Waals surface area contributed by atoms with E-state index < -0.39 is 5.56 Å². The van der Waals surface area contributed by atoms with Crippen LogP contribution in [0.1, 0.15) is 11.1 Å². The molecule has 0 atom stereocenters. The maximum absolute atomic E-state index is 12.7. The molecule has 1 aromatic heterocycles. The lowest BCUT2D eigenvalue weighted by atomic mass is 9.99. The van der Waals surface area contributed by atoms with Crippen molar-refractivity contribution >= 4 is 0 Å². The van der Waals surface area contributed by atoms with Crippen LogP contribution in [0.5, 0.6) is 11.5 Å². The minimum Gasteiger partial charge on any atom is -0.497 e. The third-order valence-corrected chi connectivity index (χ3v) is 4.95. The van der Waals surface area contributed by atoms with Gasteiger partial charge in [-0.15, -0.1) is 0 Å². The summed E-state index contributed by atoms with van der Waals surface area (Å²) in [5.74, 6) is 1.22. The molecule has 0 aliphatic carbocycles. The molecule has 5 heteroatoms. The van der Waals surface area contributed by atoms with Gasteiger partial charge in [0, 0.05) is 17.2 Å². The van der Waals surface area contributed by atoms with Crippen molar-refractivity contribution in [3.8, 4) is 40.0 Å². The SMILES string of the molecule is COc1ccc(-c2cc(-c3ccccc3)c(C#N)c(=O)[nH]2)c(OCc2ccccc2)c1. The van der Waals surface area contributed by atoms with E-state index in [4.69, 9.17) is 9.47 Å². The zero-order valence-corrected chi connectivity index (χ0v) is 17.0. The maximum Gasteiger partial charge on any atom is 0.266 e. The van der Waals surface area contributed by atoms with E-state index in [1.165, 1.54) is 0 Å². The van der Waals surface area contributed by atoms with Crippen LogP contribution < -0.4 is 15.0 Å². The van der Waals surface area contributed by atoms with Crippen molar-refractivity contribution in [3.63, 3.8) is 0 Å². The summed E-state index contributed by atoms with van der Waals surface area (Å²) in [5, 5.41) is 9.54. The van der Waals surface area contributed by atoms with E-state index in [0.29, 0.717) is 34.9 Å². The molecule has 0 amide bonds. The number of H-pyrrole nitrogens is 1. The van der Waals surface area contributed by atoms with Gasteiger partial charge in [0.2, 0.25) is 0 Å². The van der Waals surface area contributed by atoms with Crippen LogP contribution in [-0.2, 0) is 6.61 Å². The quantitative estimate of drug-likeness (QED) is 0.478. The summed E-state index contributed by atoms with van der Waals surface area (Å²) in [5.41, 5.74) is 3.30. The van der Waals surface area contributed by atoms with Crippen molar-refractivity contribution in [2.24, 2.45) is 0 Å². The molecule has 0 saturated carbocycles. The predicted molar refractivity (Wildman–Crippen MR) is 120 cm³/mol. The molecule has 0 radical (unpaired) electrons. The number of methoxy groups -OCH3 is 1. The summed E-state index contributed by atoms with van der Waals surface area (Å²) in [6, 6.07) is 28.5. The van der Waals surface area contributed by atoms with Crippen LogP contribution in [0.15, 0.2) is 89.7 Å². The third kappa shape index (κ3) is 4.34. The molecule has 0 unspecified atom stereocenters. The first-order chi connectivity index (χ1) is 15.2. The fraction of sp³-hybridized carbons (Fsp3) is 0.0769. The highest BCUT2D eigenvalue weighted by Crippen LogP contribution is 2.34. The van der Waals surface area contributed by atoms with Gasteiger partial charge in [-0.3, -0.25) is 4.79 Å². The van der Waals surface area contributed by atoms with E-state index in [2.05, 4.69) is 4.98 Å². The molecule has 0 aliphatic heterocycles. The molecule has 1 heterocycles. The van der Waals surface area contributed by atoms with Crippen LogP contribution in [0.3, 0.4) is 0 Å². The Bertz CT molecular complexity index is 1290. The highest BCUT2D eigenvalue weighted by atomic mass is 16.5. The molecule has 0 aliphatic rings. The van der Waals surface area contributed by atoms with Crippen LogP contribution in [0.4, 0.5) is 0 Å². The van der Waals surface area contributed by atoms with Crippen LogP contribution in [0, 0.1) is 11.3 Å². The zero-order valence-electron chi connectivity index (χ0n) is 17.0. The Morgan fingerprint density at radius 1 is 0.903 bits per heavy atom. The molecule has 0 saturated heterocycles. The smallest absolute Gasteiger partial charge is 0.266 e. The van der Waals surface area contributed by atoms with Gasteiger partial charge in [0.1, 0.15) is 29.7 Å². The molecule has 4 aromatic rings. The van der Waals surface area contributed by atoms with Gasteiger partial charge in [0.25, 0.3) is 5.56 Å². The highest BCUT2D eigenvalue weighted by Gasteiger charge is 2.15. The number of rotatable bonds is 6. The minimum absolute atomic E-state index is 0.0789. The number of ether oxygens (including phenoxy) is 2. The molecular weight excluding hydrogens is 388 g/mol. The lowest BCUT2D eigenvalue weighted by Crippen LogP contribution is -2.13. The van der Waals surface area contributed by atoms with Gasteiger partial charge in [0.15, 0.2) is 0 Å². The summed E-state index contributed by atoms with van der Waals surface area (Å²) in [6.07, 6.45) is 0. The van der Waals surface area contributed by atoms with Gasteiger partial charge in [0.05, 0.1) is 12.8 Å². The molecule has 5 nitrogen and oxygen atoms in total. The molecule has 4 rings (SSSR count). The Labute approximate surface area is 180 Å². The van der Waals surface area contributed by atoms with E-state index in [9.17, 15) is 10.1 Å². The normalized spacial score (nSPS) is 10.3. The van der Waals surface area contributed by atoms with Crippen LogP contribution in [0.25, 0.3) is 22.4 Å². The average Bonchev–Trinajstić information content (AvgIpc) is 2.83. The topological polar surface area (TPSA) is 75.1 Å². The highest BCUT2D eigenvalue weighted by molar-refractivity contribution is 5.77. The van der Waals surface area contributed by atoms with Crippen molar-refractivity contribution in [3.05, 3.63) is 106 Å². The van der Waals surface area contributed by atoms with Gasteiger partial charge in [-0.25, -0.2) is 0 Å². The fourth-order valence-corrected chi connectivity index (χ4v) is 3.37. The van der Waals surface area contributed by atoms with E-state index >= 15 is 0 Å². The number of hydrogen-bond acceptors (Lipinski definition) is 4. The van der Waals surface area contributed by atoms with Crippen molar-refractivity contribution in [2.75, 3.05) is 7.11 Å². The number of nitrogens with zero attached hydrogens (tertiary/aromatic N) is 1. The van der Waals surface area contributed by atoms with Crippen molar-refractivity contribution in [2.45, 2.75) is 6.61 Å². The monoisotopic (exact) mass is 408 g/mol. The second-order valence-electron chi connectivity index (χ2n) is 6.92. The Balaban J connectivity index is 1.81. The van der Waals surface area contributed by atoms with Crippen molar-refractivity contribution in [1.82, 2.24) is 4.98 Å². The lowest BCUT2D eigenvalue weighted by Gasteiger charge is -2.14. The molecule has 31 heavy (non-hydrogen) atoms. The van der Waals surface area contributed by atoms with Crippen molar-refractivity contribution in [1.29, 1.82) is 5.26 Å². The summed E-state index contributed by atoms with van der Waals surface area (Å²) in [6.45, 7) is 0.368. The lowest BCUT2D eigenvalue weighted by molar-refractivity contribution is 0.305. The number of aromatic nitrogens is 1. The second kappa shape index (κ2) is 9.02. The largest absolute Gasteiger partial charge is 0.497 e. The molecule has 0 bridgehead atoms. The van der Waals surface area contributed by atoms with E-state index in [1.54, 1.807) is 13.2 Å². The molecular formula is C26H20N2O3. The van der Waals surface area contributed by atoms with Gasteiger partial charge >= 0.3 is 0 Å². The number of benzene rings is 3. The third-order valence-electron chi connectivity index (χ3n) is 4.95. The van der Waals surface area contributed by atoms with Gasteiger partial charge in [-0.1, -0.05) is 60.7 Å². The molecule has 3 aromatic carbocycles. The number of aromatic amines is 1. The van der Waals surface area contributed by atoms with Crippen LogP contribution in [0.2, 0.25) is 0 Å².